The molecule has 29 heavy (non-hydrogen) atoms. The van der Waals surface area contributed by atoms with Crippen LogP contribution in [0.4, 0.5) is 0 Å². The van der Waals surface area contributed by atoms with Gasteiger partial charge in [-0.3, -0.25) is 4.99 Å². The first-order valence-corrected chi connectivity index (χ1v) is 10.5. The Morgan fingerprint density at radius 2 is 2.17 bits per heavy atom. The first-order chi connectivity index (χ1) is 13.8. The van der Waals surface area contributed by atoms with Gasteiger partial charge in [0, 0.05) is 44.5 Å². The van der Waals surface area contributed by atoms with Crippen molar-refractivity contribution in [2.24, 2.45) is 10.9 Å². The Hall–Kier alpha value is -1.77. The Bertz CT molecular complexity index is 794. The number of nitrogens with one attached hydrogen (secondary N) is 1. The van der Waals surface area contributed by atoms with Gasteiger partial charge in [0.1, 0.15) is 5.75 Å². The van der Waals surface area contributed by atoms with Crippen LogP contribution in [0.15, 0.2) is 48.0 Å². The zero-order valence-electron chi connectivity index (χ0n) is 17.3. The Balaban J connectivity index is 0.00000240. The fourth-order valence-electron chi connectivity index (χ4n) is 4.32. The minimum Gasteiger partial charge on any atom is -0.493 e. The maximum absolute atomic E-state index is 5.81. The van der Waals surface area contributed by atoms with E-state index >= 15 is 0 Å². The van der Waals surface area contributed by atoms with Crippen LogP contribution in [0.5, 0.6) is 5.75 Å². The van der Waals surface area contributed by atoms with Crippen molar-refractivity contribution in [1.82, 2.24) is 19.8 Å². The minimum absolute atomic E-state index is 0. The van der Waals surface area contributed by atoms with Gasteiger partial charge in [-0.15, -0.1) is 24.0 Å². The Morgan fingerprint density at radius 3 is 2.97 bits per heavy atom. The van der Waals surface area contributed by atoms with Crippen molar-refractivity contribution in [3.05, 3.63) is 48.5 Å². The Labute approximate surface area is 190 Å². The SMILES string of the molecule is CCNC(=NCC1CCOc2ccccc21)N1CCC(C)C(n2ccnc2)C1.I. The van der Waals surface area contributed by atoms with E-state index in [-0.39, 0.29) is 24.0 Å². The number of imidazole rings is 1. The lowest BCUT2D eigenvalue weighted by atomic mass is 9.93. The number of rotatable bonds is 4. The third kappa shape index (κ3) is 5.05. The van der Waals surface area contributed by atoms with Gasteiger partial charge in [0.05, 0.1) is 19.0 Å². The lowest BCUT2D eigenvalue weighted by Gasteiger charge is -2.39. The number of piperidine rings is 1. The number of aliphatic imine (C=N–C) groups is 1. The summed E-state index contributed by atoms with van der Waals surface area (Å²) in [4.78, 5) is 11.7. The van der Waals surface area contributed by atoms with Crippen LogP contribution >= 0.6 is 24.0 Å². The van der Waals surface area contributed by atoms with Crippen molar-refractivity contribution in [3.8, 4) is 5.75 Å². The zero-order chi connectivity index (χ0) is 19.3. The summed E-state index contributed by atoms with van der Waals surface area (Å²) < 4.78 is 8.05. The van der Waals surface area contributed by atoms with Crippen LogP contribution in [0.25, 0.3) is 0 Å². The molecule has 1 N–H and O–H groups in total. The van der Waals surface area contributed by atoms with Gasteiger partial charge < -0.3 is 19.5 Å². The number of nitrogens with zero attached hydrogens (tertiary/aromatic N) is 4. The third-order valence-electron chi connectivity index (χ3n) is 6.01. The summed E-state index contributed by atoms with van der Waals surface area (Å²) in [6.45, 7) is 8.94. The Morgan fingerprint density at radius 1 is 1.31 bits per heavy atom. The van der Waals surface area contributed by atoms with Gasteiger partial charge in [0.25, 0.3) is 0 Å². The number of para-hydroxylation sites is 1. The van der Waals surface area contributed by atoms with Crippen molar-refractivity contribution in [2.45, 2.75) is 38.6 Å². The standard InChI is InChI=1S/C22H31N5O.HI/c1-3-24-22(25-14-18-9-13-28-21-7-5-4-6-19(18)21)26-11-8-17(2)20(15-26)27-12-10-23-16-27;/h4-7,10,12,16-18,20H,3,8-9,11,13-15H2,1-2H3,(H,24,25);1H. The van der Waals surface area contributed by atoms with E-state index in [1.165, 1.54) is 5.56 Å². The van der Waals surface area contributed by atoms with E-state index in [1.807, 2.05) is 18.6 Å². The average Bonchev–Trinajstić information content (AvgIpc) is 3.26. The maximum atomic E-state index is 5.81. The molecule has 0 saturated carbocycles. The topological polar surface area (TPSA) is 54.7 Å². The van der Waals surface area contributed by atoms with Crippen LogP contribution in [0.1, 0.15) is 44.2 Å². The van der Waals surface area contributed by atoms with E-state index in [0.717, 1.165) is 57.3 Å². The fraction of sp³-hybridized carbons (Fsp3) is 0.545. The van der Waals surface area contributed by atoms with E-state index in [1.54, 1.807) is 0 Å². The number of hydrogen-bond acceptors (Lipinski definition) is 3. The van der Waals surface area contributed by atoms with Gasteiger partial charge >= 0.3 is 0 Å². The van der Waals surface area contributed by atoms with E-state index in [9.17, 15) is 0 Å². The molecular formula is C22H32IN5O. The quantitative estimate of drug-likeness (QED) is 0.386. The molecule has 4 rings (SSSR count). The first kappa shape index (κ1) is 21.9. The summed E-state index contributed by atoms with van der Waals surface area (Å²) in [6.07, 6.45) is 8.07. The normalized spacial score (nSPS) is 24.3. The number of hydrogen-bond donors (Lipinski definition) is 1. The molecule has 158 valence electrons. The van der Waals surface area contributed by atoms with Gasteiger partial charge in [-0.25, -0.2) is 4.98 Å². The van der Waals surface area contributed by atoms with Gasteiger partial charge in [-0.2, -0.15) is 0 Å². The summed E-state index contributed by atoms with van der Waals surface area (Å²) >= 11 is 0. The number of aromatic nitrogens is 2. The van der Waals surface area contributed by atoms with Crippen LogP contribution < -0.4 is 10.1 Å². The number of ether oxygens (including phenoxy) is 1. The number of fused-ring (bicyclic) bond motifs is 1. The van der Waals surface area contributed by atoms with Crippen LogP contribution in [0.2, 0.25) is 0 Å². The molecule has 0 spiro atoms. The predicted molar refractivity (Wildman–Crippen MR) is 127 cm³/mol. The number of likely N-dealkylation sites (tertiary alicyclic amines) is 1. The highest BCUT2D eigenvalue weighted by Crippen LogP contribution is 2.33. The van der Waals surface area contributed by atoms with Crippen molar-refractivity contribution in [1.29, 1.82) is 0 Å². The molecule has 7 heteroatoms. The Kier molecular flexibility index (Phi) is 7.80. The number of benzene rings is 1. The maximum Gasteiger partial charge on any atom is 0.194 e. The second-order valence-electron chi connectivity index (χ2n) is 7.86. The van der Waals surface area contributed by atoms with E-state index in [4.69, 9.17) is 9.73 Å². The molecular weight excluding hydrogens is 477 g/mol. The minimum atomic E-state index is 0. The van der Waals surface area contributed by atoms with Crippen LogP contribution in [0, 0.1) is 5.92 Å². The van der Waals surface area contributed by atoms with Crippen molar-refractivity contribution < 1.29 is 4.74 Å². The highest BCUT2D eigenvalue weighted by molar-refractivity contribution is 14.0. The molecule has 3 atom stereocenters. The molecule has 1 saturated heterocycles. The summed E-state index contributed by atoms with van der Waals surface area (Å²) in [5, 5.41) is 3.52. The highest BCUT2D eigenvalue weighted by Gasteiger charge is 2.29. The number of guanidine groups is 1. The molecule has 3 unspecified atom stereocenters. The first-order valence-electron chi connectivity index (χ1n) is 10.5. The summed E-state index contributed by atoms with van der Waals surface area (Å²) in [6, 6.07) is 8.82. The summed E-state index contributed by atoms with van der Waals surface area (Å²) in [5.74, 6) is 3.11. The van der Waals surface area contributed by atoms with Gasteiger partial charge in [0.2, 0.25) is 0 Å². The average molecular weight is 509 g/mol. The fourth-order valence-corrected chi connectivity index (χ4v) is 4.32. The smallest absolute Gasteiger partial charge is 0.194 e. The lowest BCUT2D eigenvalue weighted by molar-refractivity contribution is 0.188. The molecule has 0 bridgehead atoms. The number of halogens is 1. The molecule has 1 aromatic heterocycles. The molecule has 1 fully saturated rings. The highest BCUT2D eigenvalue weighted by atomic mass is 127. The van der Waals surface area contributed by atoms with Crippen molar-refractivity contribution in [3.63, 3.8) is 0 Å². The monoisotopic (exact) mass is 509 g/mol. The van der Waals surface area contributed by atoms with Crippen LogP contribution in [-0.2, 0) is 0 Å². The molecule has 3 heterocycles. The molecule has 6 nitrogen and oxygen atoms in total. The second-order valence-corrected chi connectivity index (χ2v) is 7.86. The molecule has 0 amide bonds. The molecule has 2 aromatic rings. The third-order valence-corrected chi connectivity index (χ3v) is 6.01. The van der Waals surface area contributed by atoms with E-state index in [0.29, 0.717) is 17.9 Å². The van der Waals surface area contributed by atoms with Gasteiger partial charge in [-0.1, -0.05) is 25.1 Å². The summed E-state index contributed by atoms with van der Waals surface area (Å²) in [7, 11) is 0. The van der Waals surface area contributed by atoms with Crippen LogP contribution in [-0.4, -0.2) is 53.2 Å². The molecule has 2 aliphatic heterocycles. The molecule has 0 radical (unpaired) electrons. The van der Waals surface area contributed by atoms with Crippen LogP contribution in [0.3, 0.4) is 0 Å². The lowest BCUT2D eigenvalue weighted by Crippen LogP contribution is -2.49. The second kappa shape index (κ2) is 10.3. The molecule has 2 aliphatic rings. The van der Waals surface area contributed by atoms with Crippen molar-refractivity contribution >= 4 is 29.9 Å². The van der Waals surface area contributed by atoms with Crippen molar-refractivity contribution in [2.75, 3.05) is 32.8 Å². The molecule has 0 aliphatic carbocycles. The van der Waals surface area contributed by atoms with Gasteiger partial charge in [-0.05, 0) is 37.3 Å². The predicted octanol–water partition coefficient (Wildman–Crippen LogP) is 3.92. The molecule has 1 aromatic carbocycles. The zero-order valence-corrected chi connectivity index (χ0v) is 19.7. The van der Waals surface area contributed by atoms with Gasteiger partial charge in [0.15, 0.2) is 5.96 Å². The van der Waals surface area contributed by atoms with E-state index < -0.39 is 0 Å². The summed E-state index contributed by atoms with van der Waals surface area (Å²) in [5.41, 5.74) is 1.29. The van der Waals surface area contributed by atoms with E-state index in [2.05, 4.69) is 58.0 Å². The largest absolute Gasteiger partial charge is 0.493 e.